The number of carbonyl (C=O) groups excluding carboxylic acids is 1. The highest BCUT2D eigenvalue weighted by Gasteiger charge is 2.18. The summed E-state index contributed by atoms with van der Waals surface area (Å²) in [5.41, 5.74) is 2.18. The summed E-state index contributed by atoms with van der Waals surface area (Å²) in [4.78, 5) is 13.6. The highest BCUT2D eigenvalue weighted by Crippen LogP contribution is 2.25. The number of rotatable bonds is 4. The molecule has 2 aromatic heterocycles. The normalized spacial score (nSPS) is 11.5. The molecule has 0 unspecified atom stereocenters. The van der Waals surface area contributed by atoms with Crippen LogP contribution in [0, 0.1) is 0 Å². The van der Waals surface area contributed by atoms with E-state index in [-0.39, 0.29) is 23.6 Å². The quantitative estimate of drug-likeness (QED) is 0.721. The van der Waals surface area contributed by atoms with Gasteiger partial charge in [0.15, 0.2) is 5.76 Å². The van der Waals surface area contributed by atoms with Crippen molar-refractivity contribution >= 4 is 5.91 Å². The van der Waals surface area contributed by atoms with Gasteiger partial charge >= 0.3 is 0 Å². The SMILES string of the molecule is CN(Cc1nnc(-c2ccc(C(C)(C)C)cc2)o1)C(=O)c1ccco1. The number of aromatic nitrogens is 2. The van der Waals surface area contributed by atoms with E-state index in [0.717, 1.165) is 5.56 Å². The van der Waals surface area contributed by atoms with Gasteiger partial charge < -0.3 is 13.7 Å². The van der Waals surface area contributed by atoms with Crippen LogP contribution in [0.5, 0.6) is 0 Å². The second-order valence-electron chi connectivity index (χ2n) is 6.97. The van der Waals surface area contributed by atoms with E-state index in [1.807, 2.05) is 12.1 Å². The largest absolute Gasteiger partial charge is 0.459 e. The Morgan fingerprint density at radius 2 is 1.84 bits per heavy atom. The van der Waals surface area contributed by atoms with E-state index in [1.54, 1.807) is 19.2 Å². The molecule has 2 heterocycles. The van der Waals surface area contributed by atoms with Crippen LogP contribution in [0.3, 0.4) is 0 Å². The summed E-state index contributed by atoms with van der Waals surface area (Å²) in [6.07, 6.45) is 1.47. The van der Waals surface area contributed by atoms with Crippen molar-refractivity contribution in [3.05, 3.63) is 59.9 Å². The maximum absolute atomic E-state index is 12.2. The first-order valence-corrected chi connectivity index (χ1v) is 8.07. The molecule has 0 fully saturated rings. The van der Waals surface area contributed by atoms with Crippen LogP contribution in [-0.4, -0.2) is 28.1 Å². The molecular weight excluding hydrogens is 318 g/mol. The Bertz CT molecular complexity index is 843. The van der Waals surface area contributed by atoms with Crippen LogP contribution in [0.4, 0.5) is 0 Å². The molecule has 1 aromatic carbocycles. The molecule has 25 heavy (non-hydrogen) atoms. The second-order valence-corrected chi connectivity index (χ2v) is 6.97. The molecule has 0 atom stereocenters. The van der Waals surface area contributed by atoms with Crippen molar-refractivity contribution < 1.29 is 13.6 Å². The number of nitrogens with zero attached hydrogens (tertiary/aromatic N) is 3. The molecule has 0 aliphatic rings. The fourth-order valence-corrected chi connectivity index (χ4v) is 2.41. The number of hydrogen-bond acceptors (Lipinski definition) is 5. The zero-order chi connectivity index (χ0) is 18.0. The molecule has 3 rings (SSSR count). The van der Waals surface area contributed by atoms with Crippen molar-refractivity contribution in [2.45, 2.75) is 32.7 Å². The Morgan fingerprint density at radius 1 is 1.12 bits per heavy atom. The molecule has 0 aliphatic carbocycles. The first-order chi connectivity index (χ1) is 11.8. The van der Waals surface area contributed by atoms with Gasteiger partial charge in [-0.2, -0.15) is 0 Å². The van der Waals surface area contributed by atoms with Gasteiger partial charge in [-0.15, -0.1) is 10.2 Å². The van der Waals surface area contributed by atoms with Crippen LogP contribution >= 0.6 is 0 Å². The number of amides is 1. The lowest BCUT2D eigenvalue weighted by atomic mass is 9.87. The average molecular weight is 339 g/mol. The average Bonchev–Trinajstić information content (AvgIpc) is 3.25. The Kier molecular flexibility index (Phi) is 4.44. The van der Waals surface area contributed by atoms with Gasteiger partial charge in [0.2, 0.25) is 11.8 Å². The standard InChI is InChI=1S/C19H21N3O3/c1-19(2,3)14-9-7-13(8-10-14)17-21-20-16(25-17)12-22(4)18(23)15-6-5-11-24-15/h5-11H,12H2,1-4H3. The van der Waals surface area contributed by atoms with Gasteiger partial charge in [-0.05, 0) is 35.2 Å². The molecule has 6 nitrogen and oxygen atoms in total. The third-order valence-electron chi connectivity index (χ3n) is 3.92. The number of furan rings is 1. The Morgan fingerprint density at radius 3 is 2.44 bits per heavy atom. The summed E-state index contributed by atoms with van der Waals surface area (Å²) >= 11 is 0. The van der Waals surface area contributed by atoms with E-state index >= 15 is 0 Å². The Labute approximate surface area is 146 Å². The minimum atomic E-state index is -0.237. The molecule has 6 heteroatoms. The number of benzene rings is 1. The summed E-state index contributed by atoms with van der Waals surface area (Å²) in [6, 6.07) is 11.4. The fraction of sp³-hybridized carbons (Fsp3) is 0.316. The van der Waals surface area contributed by atoms with Crippen molar-refractivity contribution in [1.29, 1.82) is 0 Å². The Balaban J connectivity index is 1.71. The van der Waals surface area contributed by atoms with Crippen LogP contribution in [0.25, 0.3) is 11.5 Å². The molecule has 0 N–H and O–H groups in total. The molecule has 0 saturated carbocycles. The second kappa shape index (κ2) is 6.55. The van der Waals surface area contributed by atoms with Gasteiger partial charge in [0.25, 0.3) is 5.91 Å². The van der Waals surface area contributed by atoms with E-state index in [0.29, 0.717) is 11.8 Å². The third kappa shape index (κ3) is 3.79. The van der Waals surface area contributed by atoms with Crippen molar-refractivity contribution in [2.24, 2.45) is 0 Å². The minimum Gasteiger partial charge on any atom is -0.459 e. The number of hydrogen-bond donors (Lipinski definition) is 0. The van der Waals surface area contributed by atoms with Crippen LogP contribution in [0.2, 0.25) is 0 Å². The van der Waals surface area contributed by atoms with Crippen molar-refractivity contribution in [2.75, 3.05) is 7.05 Å². The van der Waals surface area contributed by atoms with E-state index in [9.17, 15) is 4.79 Å². The van der Waals surface area contributed by atoms with E-state index in [2.05, 4.69) is 43.1 Å². The molecule has 0 radical (unpaired) electrons. The molecular formula is C19H21N3O3. The summed E-state index contributed by atoms with van der Waals surface area (Å²) in [5.74, 6) is 0.853. The lowest BCUT2D eigenvalue weighted by Gasteiger charge is -2.18. The number of carbonyl (C=O) groups is 1. The molecule has 0 aliphatic heterocycles. The maximum atomic E-state index is 12.2. The van der Waals surface area contributed by atoms with E-state index in [4.69, 9.17) is 8.83 Å². The minimum absolute atomic E-state index is 0.0907. The first-order valence-electron chi connectivity index (χ1n) is 8.07. The Hall–Kier alpha value is -2.89. The molecule has 0 spiro atoms. The molecule has 3 aromatic rings. The predicted molar refractivity (Wildman–Crippen MR) is 92.9 cm³/mol. The van der Waals surface area contributed by atoms with E-state index in [1.165, 1.54) is 16.7 Å². The zero-order valence-corrected chi connectivity index (χ0v) is 14.8. The van der Waals surface area contributed by atoms with Gasteiger partial charge in [0.1, 0.15) is 0 Å². The summed E-state index contributed by atoms with van der Waals surface area (Å²) in [5, 5.41) is 8.10. The lowest BCUT2D eigenvalue weighted by Crippen LogP contribution is -2.25. The summed E-state index contributed by atoms with van der Waals surface area (Å²) in [7, 11) is 1.66. The van der Waals surface area contributed by atoms with Crippen LogP contribution in [-0.2, 0) is 12.0 Å². The summed E-state index contributed by atoms with van der Waals surface area (Å²) < 4.78 is 10.8. The maximum Gasteiger partial charge on any atom is 0.289 e. The van der Waals surface area contributed by atoms with Gasteiger partial charge in [-0.3, -0.25) is 4.79 Å². The molecule has 1 amide bonds. The van der Waals surface area contributed by atoms with Gasteiger partial charge in [0, 0.05) is 12.6 Å². The van der Waals surface area contributed by atoms with Gasteiger partial charge in [-0.25, -0.2) is 0 Å². The van der Waals surface area contributed by atoms with Crippen molar-refractivity contribution in [3.8, 4) is 11.5 Å². The fourth-order valence-electron chi connectivity index (χ4n) is 2.41. The van der Waals surface area contributed by atoms with Crippen molar-refractivity contribution in [3.63, 3.8) is 0 Å². The van der Waals surface area contributed by atoms with Gasteiger partial charge in [-0.1, -0.05) is 32.9 Å². The van der Waals surface area contributed by atoms with Gasteiger partial charge in [0.05, 0.1) is 12.8 Å². The summed E-state index contributed by atoms with van der Waals surface area (Å²) in [6.45, 7) is 6.71. The van der Waals surface area contributed by atoms with Crippen LogP contribution < -0.4 is 0 Å². The topological polar surface area (TPSA) is 72.4 Å². The molecule has 0 saturated heterocycles. The van der Waals surface area contributed by atoms with Crippen LogP contribution in [0.1, 0.15) is 42.8 Å². The van der Waals surface area contributed by atoms with Crippen molar-refractivity contribution in [1.82, 2.24) is 15.1 Å². The third-order valence-corrected chi connectivity index (χ3v) is 3.92. The monoisotopic (exact) mass is 339 g/mol. The lowest BCUT2D eigenvalue weighted by molar-refractivity contribution is 0.0741. The predicted octanol–water partition coefficient (Wildman–Crippen LogP) is 3.90. The highest BCUT2D eigenvalue weighted by atomic mass is 16.4. The zero-order valence-electron chi connectivity index (χ0n) is 14.8. The van der Waals surface area contributed by atoms with Crippen LogP contribution in [0.15, 0.2) is 51.5 Å². The first kappa shape index (κ1) is 17.0. The smallest absolute Gasteiger partial charge is 0.289 e. The highest BCUT2D eigenvalue weighted by molar-refractivity contribution is 5.91. The molecule has 130 valence electrons. The molecule has 0 bridgehead atoms. The van der Waals surface area contributed by atoms with E-state index < -0.39 is 0 Å².